The van der Waals surface area contributed by atoms with Crippen LogP contribution in [0.15, 0.2) is 31.7 Å². The van der Waals surface area contributed by atoms with E-state index in [2.05, 4.69) is 68.3 Å². The fourth-order valence-electron chi connectivity index (χ4n) is 1.80. The molecule has 4 nitrogen and oxygen atoms in total. The molecular formula is C15H18Br2N2O2. The lowest BCUT2D eigenvalue weighted by molar-refractivity contribution is 0.246. The van der Waals surface area contributed by atoms with Crippen LogP contribution in [0, 0.1) is 6.92 Å². The lowest BCUT2D eigenvalue weighted by atomic mass is 10.2. The number of ether oxygens (including phenoxy) is 1. The molecule has 2 rings (SSSR count). The molecule has 0 atom stereocenters. The van der Waals surface area contributed by atoms with Gasteiger partial charge < -0.3 is 14.6 Å². The highest BCUT2D eigenvalue weighted by Gasteiger charge is 2.11. The van der Waals surface area contributed by atoms with Crippen LogP contribution >= 0.6 is 31.9 Å². The van der Waals surface area contributed by atoms with Gasteiger partial charge in [-0.1, -0.05) is 19.0 Å². The molecule has 2 aromatic rings. The van der Waals surface area contributed by atoms with Gasteiger partial charge in [0.05, 0.1) is 14.6 Å². The molecule has 0 aliphatic heterocycles. The molecule has 1 aromatic carbocycles. The molecule has 21 heavy (non-hydrogen) atoms. The molecule has 1 heterocycles. The van der Waals surface area contributed by atoms with E-state index in [1.54, 1.807) is 0 Å². The third-order valence-electron chi connectivity index (χ3n) is 2.81. The summed E-state index contributed by atoms with van der Waals surface area (Å²) in [5.41, 5.74) is 2.03. The first kappa shape index (κ1) is 16.5. The molecule has 0 radical (unpaired) electrons. The van der Waals surface area contributed by atoms with Crippen LogP contribution in [0.5, 0.6) is 5.75 Å². The Morgan fingerprint density at radius 2 is 1.90 bits per heavy atom. The molecule has 0 fully saturated rings. The van der Waals surface area contributed by atoms with Gasteiger partial charge in [-0.15, -0.1) is 0 Å². The number of aryl methyl sites for hydroxylation is 1. The lowest BCUT2D eigenvalue weighted by Gasteiger charge is -2.13. The Bertz CT molecular complexity index is 588. The van der Waals surface area contributed by atoms with E-state index >= 15 is 0 Å². The average Bonchev–Trinajstić information content (AvgIpc) is 2.81. The monoisotopic (exact) mass is 416 g/mol. The quantitative estimate of drug-likeness (QED) is 0.746. The largest absolute Gasteiger partial charge is 0.483 e. The minimum Gasteiger partial charge on any atom is -0.483 e. The van der Waals surface area contributed by atoms with E-state index in [1.165, 1.54) is 5.56 Å². The van der Waals surface area contributed by atoms with Gasteiger partial charge in [0.25, 0.3) is 0 Å². The Morgan fingerprint density at radius 3 is 2.43 bits per heavy atom. The van der Waals surface area contributed by atoms with Gasteiger partial charge in [-0.3, -0.25) is 0 Å². The normalized spacial score (nSPS) is 11.1. The molecule has 0 amide bonds. The van der Waals surface area contributed by atoms with Crippen molar-refractivity contribution in [2.24, 2.45) is 0 Å². The van der Waals surface area contributed by atoms with Crippen LogP contribution in [-0.2, 0) is 13.2 Å². The van der Waals surface area contributed by atoms with Gasteiger partial charge in [0.2, 0.25) is 0 Å². The minimum atomic E-state index is 0.349. The Morgan fingerprint density at radius 1 is 1.24 bits per heavy atom. The number of halogens is 2. The molecule has 0 spiro atoms. The maximum absolute atomic E-state index is 5.80. The molecule has 1 N–H and O–H groups in total. The van der Waals surface area contributed by atoms with Crippen molar-refractivity contribution in [3.63, 3.8) is 0 Å². The van der Waals surface area contributed by atoms with Gasteiger partial charge in [-0.05, 0) is 56.5 Å². The van der Waals surface area contributed by atoms with Crippen molar-refractivity contribution in [3.05, 3.63) is 44.2 Å². The summed E-state index contributed by atoms with van der Waals surface area (Å²) in [5, 5.41) is 7.23. The number of rotatable bonds is 6. The summed E-state index contributed by atoms with van der Waals surface area (Å²) in [7, 11) is 0. The smallest absolute Gasteiger partial charge is 0.174 e. The van der Waals surface area contributed by atoms with E-state index in [9.17, 15) is 0 Å². The molecule has 0 aliphatic carbocycles. The number of hydrogen-bond donors (Lipinski definition) is 1. The second-order valence-corrected chi connectivity index (χ2v) is 6.86. The van der Waals surface area contributed by atoms with Crippen molar-refractivity contribution in [2.75, 3.05) is 0 Å². The summed E-state index contributed by atoms with van der Waals surface area (Å²) in [6, 6.07) is 6.43. The first-order chi connectivity index (χ1) is 9.95. The first-order valence-corrected chi connectivity index (χ1v) is 8.30. The zero-order valence-corrected chi connectivity index (χ0v) is 15.4. The molecule has 114 valence electrons. The first-order valence-electron chi connectivity index (χ1n) is 6.72. The summed E-state index contributed by atoms with van der Waals surface area (Å²) >= 11 is 7.11. The third-order valence-corrected chi connectivity index (χ3v) is 3.99. The Labute approximate surface area is 141 Å². The van der Waals surface area contributed by atoms with Crippen LogP contribution < -0.4 is 10.1 Å². The van der Waals surface area contributed by atoms with E-state index in [1.807, 2.05) is 13.0 Å². The van der Waals surface area contributed by atoms with Crippen molar-refractivity contribution in [2.45, 2.75) is 40.0 Å². The van der Waals surface area contributed by atoms with Crippen molar-refractivity contribution < 1.29 is 9.26 Å². The average molecular weight is 418 g/mol. The van der Waals surface area contributed by atoms with Gasteiger partial charge in [-0.25, -0.2) is 0 Å². The number of aromatic nitrogens is 1. The van der Waals surface area contributed by atoms with Crippen LogP contribution in [0.4, 0.5) is 0 Å². The molecule has 0 saturated carbocycles. The van der Waals surface area contributed by atoms with Crippen LogP contribution in [0.2, 0.25) is 0 Å². The maximum Gasteiger partial charge on any atom is 0.174 e. The molecule has 0 aliphatic rings. The van der Waals surface area contributed by atoms with Gasteiger partial charge in [0.15, 0.2) is 5.76 Å². The highest BCUT2D eigenvalue weighted by Crippen LogP contribution is 2.35. The van der Waals surface area contributed by atoms with Crippen molar-refractivity contribution in [1.82, 2.24) is 10.5 Å². The van der Waals surface area contributed by atoms with E-state index in [0.29, 0.717) is 18.4 Å². The van der Waals surface area contributed by atoms with E-state index in [-0.39, 0.29) is 0 Å². The van der Waals surface area contributed by atoms with Crippen LogP contribution in [0.25, 0.3) is 0 Å². The Kier molecular flexibility index (Phi) is 5.84. The van der Waals surface area contributed by atoms with E-state index < -0.39 is 0 Å². The van der Waals surface area contributed by atoms with Gasteiger partial charge in [0.1, 0.15) is 12.4 Å². The summed E-state index contributed by atoms with van der Waals surface area (Å²) in [6.45, 7) is 7.30. The topological polar surface area (TPSA) is 47.3 Å². The van der Waals surface area contributed by atoms with E-state index in [0.717, 1.165) is 26.9 Å². The zero-order chi connectivity index (χ0) is 15.4. The fourth-order valence-corrected chi connectivity index (χ4v) is 3.31. The number of hydrogen-bond acceptors (Lipinski definition) is 4. The lowest BCUT2D eigenvalue weighted by Crippen LogP contribution is -2.21. The number of nitrogens with zero attached hydrogens (tertiary/aromatic N) is 1. The Balaban J connectivity index is 2.06. The minimum absolute atomic E-state index is 0.349. The maximum atomic E-state index is 5.80. The molecule has 0 saturated heterocycles. The second-order valence-electron chi connectivity index (χ2n) is 5.15. The van der Waals surface area contributed by atoms with Crippen LogP contribution in [-0.4, -0.2) is 11.2 Å². The highest BCUT2D eigenvalue weighted by molar-refractivity contribution is 9.11. The highest BCUT2D eigenvalue weighted by atomic mass is 79.9. The van der Waals surface area contributed by atoms with Gasteiger partial charge >= 0.3 is 0 Å². The van der Waals surface area contributed by atoms with E-state index in [4.69, 9.17) is 9.26 Å². The van der Waals surface area contributed by atoms with Crippen molar-refractivity contribution >= 4 is 31.9 Å². The molecular weight excluding hydrogens is 400 g/mol. The van der Waals surface area contributed by atoms with Gasteiger partial charge in [0, 0.05) is 18.7 Å². The SMILES string of the molecule is Cc1cc(COc2c(Br)cc(CNC(C)C)cc2Br)on1. The standard InChI is InChI=1S/C15H18Br2N2O2/c1-9(2)18-7-11-5-13(16)15(14(17)6-11)20-8-12-4-10(3)19-21-12/h4-6,9,18H,7-8H2,1-3H3. The van der Waals surface area contributed by atoms with Crippen molar-refractivity contribution in [1.29, 1.82) is 0 Å². The Hall–Kier alpha value is -0.850. The molecule has 6 heteroatoms. The van der Waals surface area contributed by atoms with Gasteiger partial charge in [-0.2, -0.15) is 0 Å². The number of nitrogens with one attached hydrogen (secondary N) is 1. The molecule has 0 bridgehead atoms. The zero-order valence-electron chi connectivity index (χ0n) is 12.2. The summed E-state index contributed by atoms with van der Waals surface area (Å²) < 4.78 is 12.8. The molecule has 0 unspecified atom stereocenters. The summed E-state index contributed by atoms with van der Waals surface area (Å²) in [4.78, 5) is 0. The predicted molar refractivity (Wildman–Crippen MR) is 89.4 cm³/mol. The van der Waals surface area contributed by atoms with Crippen molar-refractivity contribution in [3.8, 4) is 5.75 Å². The number of benzene rings is 1. The van der Waals surface area contributed by atoms with Crippen LogP contribution in [0.1, 0.15) is 30.9 Å². The van der Waals surface area contributed by atoms with Crippen LogP contribution in [0.3, 0.4) is 0 Å². The fraction of sp³-hybridized carbons (Fsp3) is 0.400. The predicted octanol–water partition coefficient (Wildman–Crippen LogP) is 4.59. The summed E-state index contributed by atoms with van der Waals surface area (Å²) in [6.07, 6.45) is 0. The summed E-state index contributed by atoms with van der Waals surface area (Å²) in [5.74, 6) is 1.47. The molecule has 1 aromatic heterocycles. The second kappa shape index (κ2) is 7.42. The third kappa shape index (κ3) is 4.83.